The molecule has 0 amide bonds. The van der Waals surface area contributed by atoms with Crippen LogP contribution in [0.2, 0.25) is 0 Å². The van der Waals surface area contributed by atoms with Crippen LogP contribution in [0.3, 0.4) is 0 Å². The van der Waals surface area contributed by atoms with Gasteiger partial charge in [0.05, 0.1) is 17.9 Å². The van der Waals surface area contributed by atoms with Crippen LogP contribution < -0.4 is 0 Å². The number of nitrogens with zero attached hydrogens (tertiary/aromatic N) is 2. The molecule has 0 radical (unpaired) electrons. The Balaban J connectivity index is 2.23. The van der Waals surface area contributed by atoms with E-state index in [2.05, 4.69) is 10.2 Å². The Morgan fingerprint density at radius 2 is 2.27 bits per heavy atom. The van der Waals surface area contributed by atoms with Crippen molar-refractivity contribution in [1.29, 1.82) is 0 Å². The Hall–Kier alpha value is -0.700. The first-order valence-electron chi connectivity index (χ1n) is 3.79. The molecule has 0 saturated heterocycles. The van der Waals surface area contributed by atoms with Crippen LogP contribution >= 0.6 is 0 Å². The van der Waals surface area contributed by atoms with Gasteiger partial charge in [0.15, 0.2) is 0 Å². The highest BCUT2D eigenvalue weighted by atomic mass is 16.5. The summed E-state index contributed by atoms with van der Waals surface area (Å²) in [6.07, 6.45) is 2.64. The highest BCUT2D eigenvalue weighted by Crippen LogP contribution is 2.07. The fourth-order valence-electron chi connectivity index (χ4n) is 0.697. The molecule has 0 spiro atoms. The summed E-state index contributed by atoms with van der Waals surface area (Å²) in [6, 6.07) is 0. The van der Waals surface area contributed by atoms with Gasteiger partial charge in [0.25, 0.3) is 0 Å². The molecule has 1 aliphatic heterocycles. The Morgan fingerprint density at radius 1 is 1.55 bits per heavy atom. The maximum atomic E-state index is 5.50. The Kier molecular flexibility index (Phi) is 2.39. The minimum Gasteiger partial charge on any atom is -0.370 e. The number of rotatable bonds is 2. The molecule has 0 atom stereocenters. The molecular formula is C8H14N2O. The van der Waals surface area contributed by atoms with Crippen molar-refractivity contribution in [2.75, 3.05) is 6.61 Å². The second-order valence-electron chi connectivity index (χ2n) is 3.57. The molecule has 0 fully saturated rings. The first kappa shape index (κ1) is 8.40. The largest absolute Gasteiger partial charge is 0.370 e. The van der Waals surface area contributed by atoms with Crippen molar-refractivity contribution in [3.8, 4) is 0 Å². The molecule has 1 rings (SSSR count). The minimum absolute atomic E-state index is 0.0783. The Labute approximate surface area is 67.2 Å². The molecule has 3 nitrogen and oxygen atoms in total. The first-order chi connectivity index (χ1) is 5.08. The molecule has 1 aliphatic rings. The van der Waals surface area contributed by atoms with Crippen LogP contribution in [0, 0.1) is 0 Å². The molecule has 0 aromatic carbocycles. The molecule has 0 aliphatic carbocycles. The predicted octanol–water partition coefficient (Wildman–Crippen LogP) is 1.63. The smallest absolute Gasteiger partial charge is 0.0878 e. The topological polar surface area (TPSA) is 34.0 Å². The van der Waals surface area contributed by atoms with Gasteiger partial charge in [-0.05, 0) is 20.8 Å². The van der Waals surface area contributed by atoms with Crippen LogP contribution in [-0.2, 0) is 4.74 Å². The van der Waals surface area contributed by atoms with Crippen molar-refractivity contribution >= 4 is 11.9 Å². The van der Waals surface area contributed by atoms with E-state index in [1.807, 2.05) is 20.8 Å². The molecule has 0 aromatic rings. The van der Waals surface area contributed by atoms with E-state index in [4.69, 9.17) is 4.74 Å². The summed E-state index contributed by atoms with van der Waals surface area (Å²) in [6.45, 7) is 6.69. The van der Waals surface area contributed by atoms with Crippen molar-refractivity contribution in [3.05, 3.63) is 0 Å². The summed E-state index contributed by atoms with van der Waals surface area (Å²) in [5, 5.41) is 7.65. The van der Waals surface area contributed by atoms with E-state index in [9.17, 15) is 0 Å². The predicted molar refractivity (Wildman–Crippen MR) is 46.2 cm³/mol. The van der Waals surface area contributed by atoms with E-state index in [1.165, 1.54) is 0 Å². The SMILES string of the molecule is CC(C)(C)OCC1=NN=CC1. The van der Waals surface area contributed by atoms with Crippen molar-refractivity contribution < 1.29 is 4.74 Å². The van der Waals surface area contributed by atoms with Gasteiger partial charge in [0, 0.05) is 12.6 Å². The molecule has 0 saturated carbocycles. The van der Waals surface area contributed by atoms with Gasteiger partial charge in [-0.2, -0.15) is 10.2 Å². The van der Waals surface area contributed by atoms with Gasteiger partial charge >= 0.3 is 0 Å². The number of hydrogen-bond donors (Lipinski definition) is 0. The third-order valence-electron chi connectivity index (χ3n) is 1.28. The lowest BCUT2D eigenvalue weighted by Crippen LogP contribution is -2.23. The second-order valence-corrected chi connectivity index (χ2v) is 3.57. The van der Waals surface area contributed by atoms with Crippen LogP contribution in [0.5, 0.6) is 0 Å². The normalized spacial score (nSPS) is 17.2. The lowest BCUT2D eigenvalue weighted by atomic mass is 10.2. The highest BCUT2D eigenvalue weighted by molar-refractivity contribution is 5.99. The lowest BCUT2D eigenvalue weighted by molar-refractivity contribution is 0.0210. The van der Waals surface area contributed by atoms with Crippen molar-refractivity contribution in [2.24, 2.45) is 10.2 Å². The van der Waals surface area contributed by atoms with Crippen molar-refractivity contribution in [1.82, 2.24) is 0 Å². The van der Waals surface area contributed by atoms with Crippen LogP contribution in [-0.4, -0.2) is 24.1 Å². The van der Waals surface area contributed by atoms with Gasteiger partial charge in [-0.1, -0.05) is 0 Å². The van der Waals surface area contributed by atoms with E-state index < -0.39 is 0 Å². The van der Waals surface area contributed by atoms with Crippen LogP contribution in [0.25, 0.3) is 0 Å². The molecular weight excluding hydrogens is 140 g/mol. The van der Waals surface area contributed by atoms with Crippen molar-refractivity contribution in [3.63, 3.8) is 0 Å². The monoisotopic (exact) mass is 154 g/mol. The van der Waals surface area contributed by atoms with Crippen molar-refractivity contribution in [2.45, 2.75) is 32.8 Å². The molecule has 0 aromatic heterocycles. The second kappa shape index (κ2) is 3.13. The van der Waals surface area contributed by atoms with E-state index in [-0.39, 0.29) is 5.60 Å². The van der Waals surface area contributed by atoms with Gasteiger partial charge in [-0.3, -0.25) is 0 Å². The number of ether oxygens (including phenoxy) is 1. The average molecular weight is 154 g/mol. The van der Waals surface area contributed by atoms with E-state index in [0.29, 0.717) is 6.61 Å². The Morgan fingerprint density at radius 3 is 2.73 bits per heavy atom. The summed E-state index contributed by atoms with van der Waals surface area (Å²) in [5.41, 5.74) is 0.936. The van der Waals surface area contributed by atoms with Gasteiger partial charge in [0.2, 0.25) is 0 Å². The molecule has 0 unspecified atom stereocenters. The van der Waals surface area contributed by atoms with Crippen LogP contribution in [0.1, 0.15) is 27.2 Å². The van der Waals surface area contributed by atoms with Crippen LogP contribution in [0.4, 0.5) is 0 Å². The first-order valence-corrected chi connectivity index (χ1v) is 3.79. The fourth-order valence-corrected chi connectivity index (χ4v) is 0.697. The summed E-state index contributed by atoms with van der Waals surface area (Å²) in [4.78, 5) is 0. The maximum absolute atomic E-state index is 5.50. The van der Waals surface area contributed by atoms with E-state index >= 15 is 0 Å². The van der Waals surface area contributed by atoms with Gasteiger partial charge in [-0.15, -0.1) is 0 Å². The summed E-state index contributed by atoms with van der Waals surface area (Å²) < 4.78 is 5.50. The highest BCUT2D eigenvalue weighted by Gasteiger charge is 2.12. The standard InChI is InChI=1S/C8H14N2O/c1-8(2,3)11-6-7-4-5-9-10-7/h5H,4,6H2,1-3H3. The molecule has 1 heterocycles. The zero-order valence-corrected chi connectivity index (χ0v) is 7.29. The average Bonchev–Trinajstić information content (AvgIpc) is 2.32. The zero-order chi connectivity index (χ0) is 8.32. The van der Waals surface area contributed by atoms with Gasteiger partial charge < -0.3 is 4.74 Å². The maximum Gasteiger partial charge on any atom is 0.0878 e. The Bertz CT molecular complexity index is 189. The lowest BCUT2D eigenvalue weighted by Gasteiger charge is -2.18. The quantitative estimate of drug-likeness (QED) is 0.595. The third kappa shape index (κ3) is 3.28. The third-order valence-corrected chi connectivity index (χ3v) is 1.28. The van der Waals surface area contributed by atoms with Crippen LogP contribution in [0.15, 0.2) is 10.2 Å². The number of hydrogen-bond acceptors (Lipinski definition) is 3. The molecule has 3 heteroatoms. The molecule has 11 heavy (non-hydrogen) atoms. The van der Waals surface area contributed by atoms with E-state index in [1.54, 1.807) is 6.21 Å². The summed E-state index contributed by atoms with van der Waals surface area (Å²) >= 11 is 0. The van der Waals surface area contributed by atoms with Gasteiger partial charge in [0.1, 0.15) is 0 Å². The molecule has 0 N–H and O–H groups in total. The van der Waals surface area contributed by atoms with E-state index in [0.717, 1.165) is 12.1 Å². The molecule has 62 valence electrons. The minimum atomic E-state index is -0.0783. The molecule has 0 bridgehead atoms. The fraction of sp³-hybridized carbons (Fsp3) is 0.750. The summed E-state index contributed by atoms with van der Waals surface area (Å²) in [5.74, 6) is 0. The van der Waals surface area contributed by atoms with Gasteiger partial charge in [-0.25, -0.2) is 0 Å². The zero-order valence-electron chi connectivity index (χ0n) is 7.29. The summed E-state index contributed by atoms with van der Waals surface area (Å²) in [7, 11) is 0.